The zero-order valence-electron chi connectivity index (χ0n) is 13.5. The summed E-state index contributed by atoms with van der Waals surface area (Å²) in [6.45, 7) is 11.8. The van der Waals surface area contributed by atoms with Gasteiger partial charge in [0.2, 0.25) is 5.88 Å². The van der Waals surface area contributed by atoms with E-state index in [4.69, 9.17) is 15.7 Å². The summed E-state index contributed by atoms with van der Waals surface area (Å²) in [5.41, 5.74) is 6.97. The van der Waals surface area contributed by atoms with Gasteiger partial charge in [0.05, 0.1) is 5.56 Å². The van der Waals surface area contributed by atoms with Gasteiger partial charge in [0.1, 0.15) is 6.61 Å². The highest BCUT2D eigenvalue weighted by molar-refractivity contribution is 5.99. The molecule has 0 amide bonds. The van der Waals surface area contributed by atoms with E-state index in [0.29, 0.717) is 30.1 Å². The molecule has 3 N–H and O–H groups in total. The molecular formula is C15H26N4O2. The number of rotatable bonds is 7. The highest BCUT2D eigenvalue weighted by Crippen LogP contribution is 2.16. The molecule has 0 saturated heterocycles. The molecular weight excluding hydrogens is 268 g/mol. The minimum atomic E-state index is 0.00192. The number of amidine groups is 1. The third kappa shape index (κ3) is 4.90. The van der Waals surface area contributed by atoms with E-state index in [1.165, 1.54) is 0 Å². The third-order valence-corrected chi connectivity index (χ3v) is 3.30. The van der Waals surface area contributed by atoms with Crippen LogP contribution in [0, 0.1) is 6.92 Å². The molecule has 6 nitrogen and oxygen atoms in total. The second kappa shape index (κ2) is 7.83. The lowest BCUT2D eigenvalue weighted by Gasteiger charge is -2.30. The van der Waals surface area contributed by atoms with Crippen LogP contribution in [-0.4, -0.2) is 46.2 Å². The van der Waals surface area contributed by atoms with E-state index >= 15 is 0 Å². The molecule has 118 valence electrons. The number of pyridine rings is 1. The standard InChI is InChI=1S/C15H26N4O2/c1-10(2)19(11(3)4)8-9-21-15-13(14(16)18-20)7-6-12(5)17-15/h6-7,10-11,20H,8-9H2,1-5H3,(H2,16,18). The highest BCUT2D eigenvalue weighted by Gasteiger charge is 2.15. The van der Waals surface area contributed by atoms with Crippen LogP contribution in [0.1, 0.15) is 39.0 Å². The predicted molar refractivity (Wildman–Crippen MR) is 84.0 cm³/mol. The molecule has 0 bridgehead atoms. The van der Waals surface area contributed by atoms with Gasteiger partial charge in [-0.1, -0.05) is 5.16 Å². The quantitative estimate of drug-likeness (QED) is 0.348. The van der Waals surface area contributed by atoms with Crippen LogP contribution in [0.4, 0.5) is 0 Å². The molecule has 0 aromatic carbocycles. The largest absolute Gasteiger partial charge is 0.476 e. The number of hydrogen-bond acceptors (Lipinski definition) is 5. The third-order valence-electron chi connectivity index (χ3n) is 3.30. The average Bonchev–Trinajstić information content (AvgIpc) is 2.42. The lowest BCUT2D eigenvalue weighted by atomic mass is 10.2. The number of nitrogens with zero attached hydrogens (tertiary/aromatic N) is 3. The fourth-order valence-corrected chi connectivity index (χ4v) is 2.25. The Morgan fingerprint density at radius 2 is 1.95 bits per heavy atom. The Labute approximate surface area is 126 Å². The molecule has 0 spiro atoms. The topological polar surface area (TPSA) is 84.0 Å². The normalized spacial score (nSPS) is 12.5. The first-order valence-corrected chi connectivity index (χ1v) is 7.21. The van der Waals surface area contributed by atoms with Crippen molar-refractivity contribution in [3.63, 3.8) is 0 Å². The van der Waals surface area contributed by atoms with E-state index in [2.05, 4.69) is 42.7 Å². The fraction of sp³-hybridized carbons (Fsp3) is 0.600. The maximum atomic E-state index is 8.81. The van der Waals surface area contributed by atoms with E-state index in [9.17, 15) is 0 Å². The van der Waals surface area contributed by atoms with Crippen molar-refractivity contribution < 1.29 is 9.94 Å². The number of aromatic nitrogens is 1. The van der Waals surface area contributed by atoms with Gasteiger partial charge in [0, 0.05) is 24.3 Å². The maximum absolute atomic E-state index is 8.81. The molecule has 0 radical (unpaired) electrons. The number of hydrogen-bond donors (Lipinski definition) is 2. The van der Waals surface area contributed by atoms with Gasteiger partial charge in [-0.3, -0.25) is 4.90 Å². The van der Waals surface area contributed by atoms with Crippen molar-refractivity contribution in [2.24, 2.45) is 10.9 Å². The van der Waals surface area contributed by atoms with Gasteiger partial charge in [0.25, 0.3) is 0 Å². The molecule has 21 heavy (non-hydrogen) atoms. The Morgan fingerprint density at radius 3 is 2.48 bits per heavy atom. The van der Waals surface area contributed by atoms with Gasteiger partial charge >= 0.3 is 0 Å². The van der Waals surface area contributed by atoms with E-state index in [1.807, 2.05) is 6.92 Å². The predicted octanol–water partition coefficient (Wildman–Crippen LogP) is 1.98. The smallest absolute Gasteiger partial charge is 0.224 e. The molecule has 0 atom stereocenters. The van der Waals surface area contributed by atoms with Crippen LogP contribution in [-0.2, 0) is 0 Å². The van der Waals surface area contributed by atoms with E-state index < -0.39 is 0 Å². The lowest BCUT2D eigenvalue weighted by molar-refractivity contribution is 0.140. The van der Waals surface area contributed by atoms with Gasteiger partial charge in [-0.15, -0.1) is 0 Å². The van der Waals surface area contributed by atoms with Crippen molar-refractivity contribution in [3.8, 4) is 5.88 Å². The second-order valence-electron chi connectivity index (χ2n) is 5.56. The summed E-state index contributed by atoms with van der Waals surface area (Å²) in [7, 11) is 0. The van der Waals surface area contributed by atoms with Crippen LogP contribution in [0.5, 0.6) is 5.88 Å². The van der Waals surface area contributed by atoms with Gasteiger partial charge < -0.3 is 15.7 Å². The Bertz CT molecular complexity index is 479. The second-order valence-corrected chi connectivity index (χ2v) is 5.56. The molecule has 1 aromatic rings. The molecule has 1 aromatic heterocycles. The molecule has 0 saturated carbocycles. The van der Waals surface area contributed by atoms with Crippen LogP contribution in [0.2, 0.25) is 0 Å². The number of aryl methyl sites for hydroxylation is 1. The van der Waals surface area contributed by atoms with Crippen molar-refractivity contribution in [1.82, 2.24) is 9.88 Å². The summed E-state index contributed by atoms with van der Waals surface area (Å²) < 4.78 is 5.75. The van der Waals surface area contributed by atoms with Crippen LogP contribution in [0.3, 0.4) is 0 Å². The number of nitrogens with two attached hydrogens (primary N) is 1. The summed E-state index contributed by atoms with van der Waals surface area (Å²) >= 11 is 0. The van der Waals surface area contributed by atoms with E-state index in [-0.39, 0.29) is 5.84 Å². The summed E-state index contributed by atoms with van der Waals surface area (Å²) in [5.74, 6) is 0.403. The Morgan fingerprint density at radius 1 is 1.33 bits per heavy atom. The van der Waals surface area contributed by atoms with Crippen LogP contribution in [0.25, 0.3) is 0 Å². The van der Waals surface area contributed by atoms with Crippen molar-refractivity contribution in [1.29, 1.82) is 0 Å². The average molecular weight is 294 g/mol. The highest BCUT2D eigenvalue weighted by atomic mass is 16.5. The van der Waals surface area contributed by atoms with Crippen molar-refractivity contribution in [3.05, 3.63) is 23.4 Å². The molecule has 1 rings (SSSR count). The number of oxime groups is 1. The first kappa shape index (κ1) is 17.2. The molecule has 0 aliphatic rings. The summed E-state index contributed by atoms with van der Waals surface area (Å²) in [6.07, 6.45) is 0. The van der Waals surface area contributed by atoms with Crippen molar-refractivity contribution in [2.45, 2.75) is 46.7 Å². The summed E-state index contributed by atoms with van der Waals surface area (Å²) in [4.78, 5) is 6.65. The SMILES string of the molecule is Cc1ccc(/C(N)=N/O)c(OCCN(C(C)C)C(C)C)n1. The zero-order chi connectivity index (χ0) is 16.0. The maximum Gasteiger partial charge on any atom is 0.224 e. The van der Waals surface area contributed by atoms with E-state index in [0.717, 1.165) is 12.2 Å². The first-order chi connectivity index (χ1) is 9.86. The van der Waals surface area contributed by atoms with Crippen molar-refractivity contribution >= 4 is 5.84 Å². The molecule has 0 aliphatic carbocycles. The van der Waals surface area contributed by atoms with Crippen LogP contribution >= 0.6 is 0 Å². The molecule has 6 heteroatoms. The minimum absolute atomic E-state index is 0.00192. The first-order valence-electron chi connectivity index (χ1n) is 7.21. The van der Waals surface area contributed by atoms with Gasteiger partial charge in [-0.25, -0.2) is 4.98 Å². The minimum Gasteiger partial charge on any atom is -0.476 e. The Balaban J connectivity index is 2.77. The van der Waals surface area contributed by atoms with Crippen LogP contribution in [0.15, 0.2) is 17.3 Å². The number of ether oxygens (including phenoxy) is 1. The summed E-state index contributed by atoms with van der Waals surface area (Å²) in [6, 6.07) is 4.44. The van der Waals surface area contributed by atoms with Gasteiger partial charge in [-0.2, -0.15) is 0 Å². The molecule has 0 unspecified atom stereocenters. The van der Waals surface area contributed by atoms with Gasteiger partial charge in [0.15, 0.2) is 5.84 Å². The Kier molecular flexibility index (Phi) is 6.42. The van der Waals surface area contributed by atoms with E-state index in [1.54, 1.807) is 12.1 Å². The fourth-order valence-electron chi connectivity index (χ4n) is 2.25. The summed E-state index contributed by atoms with van der Waals surface area (Å²) in [5, 5.41) is 11.8. The lowest BCUT2D eigenvalue weighted by Crippen LogP contribution is -2.39. The zero-order valence-corrected chi connectivity index (χ0v) is 13.5. The van der Waals surface area contributed by atoms with Crippen molar-refractivity contribution in [2.75, 3.05) is 13.2 Å². The molecule has 1 heterocycles. The monoisotopic (exact) mass is 294 g/mol. The van der Waals surface area contributed by atoms with Crippen LogP contribution < -0.4 is 10.5 Å². The Hall–Kier alpha value is -1.82. The molecule has 0 fully saturated rings. The van der Waals surface area contributed by atoms with Gasteiger partial charge in [-0.05, 0) is 46.8 Å². The molecule has 0 aliphatic heterocycles.